The van der Waals surface area contributed by atoms with Crippen LogP contribution in [0.3, 0.4) is 0 Å². The predicted molar refractivity (Wildman–Crippen MR) is 93.0 cm³/mol. The Labute approximate surface area is 154 Å². The van der Waals surface area contributed by atoms with E-state index in [1.165, 1.54) is 15.9 Å². The Bertz CT molecular complexity index is 782. The maximum absolute atomic E-state index is 12.8. The van der Waals surface area contributed by atoms with Crippen molar-refractivity contribution >= 4 is 41.0 Å². The summed E-state index contributed by atoms with van der Waals surface area (Å²) >= 11 is 5.94. The average molecular weight is 380 g/mol. The largest absolute Gasteiger partial charge is 0.481 e. The summed E-state index contributed by atoms with van der Waals surface area (Å²) in [5.74, 6) is -1.82. The summed E-state index contributed by atoms with van der Waals surface area (Å²) in [6.45, 7) is 0.638. The van der Waals surface area contributed by atoms with E-state index >= 15 is 0 Å². The molecule has 138 valence electrons. The van der Waals surface area contributed by atoms with Gasteiger partial charge in [0.05, 0.1) is 17.8 Å². The maximum Gasteiger partial charge on any atom is 0.303 e. The molecular formula is C17H18ClN3O5. The number of carboxylic acids is 1. The lowest BCUT2D eigenvalue weighted by Crippen LogP contribution is -2.59. The molecule has 2 heterocycles. The van der Waals surface area contributed by atoms with Gasteiger partial charge in [0.25, 0.3) is 5.91 Å². The SMILES string of the molecule is O=C(O)CCCC(=O)N1CCN2C(=O)c3ccc(Cl)cc3NC(=O)[C@@H]2C1. The minimum atomic E-state index is -0.951. The molecule has 9 heteroatoms. The topological polar surface area (TPSA) is 107 Å². The van der Waals surface area contributed by atoms with Crippen molar-refractivity contribution in [2.75, 3.05) is 25.0 Å². The number of amides is 3. The van der Waals surface area contributed by atoms with Crippen LogP contribution in [0.5, 0.6) is 0 Å². The number of nitrogens with one attached hydrogen (secondary N) is 1. The van der Waals surface area contributed by atoms with Crippen molar-refractivity contribution in [2.45, 2.75) is 25.3 Å². The second-order valence-corrected chi connectivity index (χ2v) is 6.72. The molecule has 2 aliphatic heterocycles. The molecule has 1 aromatic rings. The molecule has 0 spiro atoms. The van der Waals surface area contributed by atoms with Crippen LogP contribution in [0.1, 0.15) is 29.6 Å². The first-order chi connectivity index (χ1) is 12.4. The van der Waals surface area contributed by atoms with Gasteiger partial charge in [0, 0.05) is 31.0 Å². The van der Waals surface area contributed by atoms with Crippen molar-refractivity contribution in [1.82, 2.24) is 9.80 Å². The number of rotatable bonds is 4. The van der Waals surface area contributed by atoms with E-state index in [0.717, 1.165) is 0 Å². The van der Waals surface area contributed by atoms with Gasteiger partial charge in [0.1, 0.15) is 6.04 Å². The van der Waals surface area contributed by atoms with Crippen LogP contribution in [0.15, 0.2) is 18.2 Å². The lowest BCUT2D eigenvalue weighted by molar-refractivity contribution is -0.137. The number of fused-ring (bicyclic) bond motifs is 2. The van der Waals surface area contributed by atoms with Gasteiger partial charge >= 0.3 is 5.97 Å². The van der Waals surface area contributed by atoms with E-state index in [2.05, 4.69) is 5.32 Å². The van der Waals surface area contributed by atoms with Crippen LogP contribution >= 0.6 is 11.6 Å². The number of piperazine rings is 1. The van der Waals surface area contributed by atoms with Gasteiger partial charge in [-0.3, -0.25) is 19.2 Å². The van der Waals surface area contributed by atoms with Crippen molar-refractivity contribution in [2.24, 2.45) is 0 Å². The molecule has 0 aliphatic carbocycles. The van der Waals surface area contributed by atoms with Gasteiger partial charge in [-0.05, 0) is 24.6 Å². The van der Waals surface area contributed by atoms with Crippen LogP contribution in [-0.4, -0.2) is 64.3 Å². The summed E-state index contributed by atoms with van der Waals surface area (Å²) in [5, 5.41) is 11.8. The highest BCUT2D eigenvalue weighted by molar-refractivity contribution is 6.31. The molecule has 0 bridgehead atoms. The smallest absolute Gasteiger partial charge is 0.303 e. The Kier molecular flexibility index (Phi) is 5.13. The number of aliphatic carboxylic acids is 1. The molecule has 3 rings (SSSR count). The number of carboxylic acid groups (broad SMARTS) is 1. The second kappa shape index (κ2) is 7.33. The number of carbonyl (C=O) groups excluding carboxylic acids is 3. The predicted octanol–water partition coefficient (Wildman–Crippen LogP) is 1.20. The Hall–Kier alpha value is -2.61. The minimum absolute atomic E-state index is 0.0792. The van der Waals surface area contributed by atoms with Crippen LogP contribution in [-0.2, 0) is 14.4 Å². The van der Waals surface area contributed by atoms with Gasteiger partial charge in [-0.25, -0.2) is 0 Å². The van der Waals surface area contributed by atoms with E-state index in [1.54, 1.807) is 12.1 Å². The van der Waals surface area contributed by atoms with Crippen LogP contribution in [0.2, 0.25) is 5.02 Å². The van der Waals surface area contributed by atoms with Gasteiger partial charge in [0.2, 0.25) is 11.8 Å². The van der Waals surface area contributed by atoms with E-state index in [-0.39, 0.29) is 50.1 Å². The number of benzene rings is 1. The van der Waals surface area contributed by atoms with Crippen molar-refractivity contribution < 1.29 is 24.3 Å². The molecule has 1 aromatic carbocycles. The molecule has 0 saturated carbocycles. The minimum Gasteiger partial charge on any atom is -0.481 e. The van der Waals surface area contributed by atoms with Gasteiger partial charge in [-0.1, -0.05) is 11.6 Å². The first kappa shape index (κ1) is 18.2. The number of hydrogen-bond acceptors (Lipinski definition) is 4. The average Bonchev–Trinajstić information content (AvgIpc) is 2.69. The third kappa shape index (κ3) is 3.65. The van der Waals surface area contributed by atoms with E-state index in [0.29, 0.717) is 22.8 Å². The van der Waals surface area contributed by atoms with Crippen LogP contribution in [0.25, 0.3) is 0 Å². The lowest BCUT2D eigenvalue weighted by atomic mass is 10.1. The zero-order chi connectivity index (χ0) is 18.8. The number of carbonyl (C=O) groups is 4. The first-order valence-corrected chi connectivity index (χ1v) is 8.65. The van der Waals surface area contributed by atoms with Gasteiger partial charge in [0.15, 0.2) is 0 Å². The molecule has 2 N–H and O–H groups in total. The van der Waals surface area contributed by atoms with Crippen molar-refractivity contribution in [3.8, 4) is 0 Å². The molecule has 1 fully saturated rings. The first-order valence-electron chi connectivity index (χ1n) is 8.28. The summed E-state index contributed by atoms with van der Waals surface area (Å²) < 4.78 is 0. The van der Waals surface area contributed by atoms with Crippen molar-refractivity contribution in [3.63, 3.8) is 0 Å². The molecule has 0 unspecified atom stereocenters. The van der Waals surface area contributed by atoms with E-state index in [1.807, 2.05) is 0 Å². The Morgan fingerprint density at radius 1 is 1.23 bits per heavy atom. The summed E-state index contributed by atoms with van der Waals surface area (Å²) in [5.41, 5.74) is 0.729. The number of nitrogens with zero attached hydrogens (tertiary/aromatic N) is 2. The fraction of sp³-hybridized carbons (Fsp3) is 0.412. The van der Waals surface area contributed by atoms with Gasteiger partial charge in [-0.2, -0.15) is 0 Å². The van der Waals surface area contributed by atoms with Gasteiger partial charge in [-0.15, -0.1) is 0 Å². The van der Waals surface area contributed by atoms with Crippen LogP contribution in [0.4, 0.5) is 5.69 Å². The number of hydrogen-bond donors (Lipinski definition) is 2. The molecule has 0 aromatic heterocycles. The van der Waals surface area contributed by atoms with Gasteiger partial charge < -0.3 is 20.2 Å². The monoisotopic (exact) mass is 379 g/mol. The Balaban J connectivity index is 1.73. The number of anilines is 1. The molecule has 26 heavy (non-hydrogen) atoms. The summed E-state index contributed by atoms with van der Waals surface area (Å²) in [6.07, 6.45) is 0.267. The van der Waals surface area contributed by atoms with E-state index in [9.17, 15) is 19.2 Å². The molecule has 1 saturated heterocycles. The fourth-order valence-electron chi connectivity index (χ4n) is 3.20. The molecule has 3 amide bonds. The molecule has 1 atom stereocenters. The second-order valence-electron chi connectivity index (χ2n) is 6.28. The van der Waals surface area contributed by atoms with E-state index in [4.69, 9.17) is 16.7 Å². The molecular weight excluding hydrogens is 362 g/mol. The molecule has 0 radical (unpaired) electrons. The zero-order valence-corrected chi connectivity index (χ0v) is 14.7. The third-order valence-corrected chi connectivity index (χ3v) is 4.78. The standard InChI is InChI=1S/C17H18ClN3O5/c18-10-4-5-11-12(8-10)19-16(25)13-9-20(6-7-21(13)17(11)26)14(22)2-1-3-15(23)24/h4-5,8,13H,1-3,6-7,9H2,(H,19,25)(H,23,24)/t13-/m0/s1. The van der Waals surface area contributed by atoms with Crippen LogP contribution < -0.4 is 5.32 Å². The Morgan fingerprint density at radius 2 is 2.00 bits per heavy atom. The maximum atomic E-state index is 12.8. The third-order valence-electron chi connectivity index (χ3n) is 4.55. The van der Waals surface area contributed by atoms with Crippen LogP contribution in [0, 0.1) is 0 Å². The highest BCUT2D eigenvalue weighted by Gasteiger charge is 2.40. The highest BCUT2D eigenvalue weighted by atomic mass is 35.5. The highest BCUT2D eigenvalue weighted by Crippen LogP contribution is 2.28. The van der Waals surface area contributed by atoms with Crippen molar-refractivity contribution in [1.29, 1.82) is 0 Å². The lowest BCUT2D eigenvalue weighted by Gasteiger charge is -2.39. The van der Waals surface area contributed by atoms with E-state index < -0.39 is 12.0 Å². The quantitative estimate of drug-likeness (QED) is 0.817. The number of halogens is 1. The zero-order valence-electron chi connectivity index (χ0n) is 13.9. The summed E-state index contributed by atoms with van der Waals surface area (Å²) in [4.78, 5) is 51.2. The fourth-order valence-corrected chi connectivity index (χ4v) is 3.38. The molecule has 8 nitrogen and oxygen atoms in total. The normalized spacial score (nSPS) is 19.3. The van der Waals surface area contributed by atoms with Crippen molar-refractivity contribution in [3.05, 3.63) is 28.8 Å². The molecule has 2 aliphatic rings. The Morgan fingerprint density at radius 3 is 2.73 bits per heavy atom. The summed E-state index contributed by atoms with van der Waals surface area (Å²) in [6, 6.07) is 3.91. The summed E-state index contributed by atoms with van der Waals surface area (Å²) in [7, 11) is 0.